The molecule has 2 N–H and O–H groups in total. The van der Waals surface area contributed by atoms with Gasteiger partial charge in [0.25, 0.3) is 0 Å². The average molecular weight is 249 g/mol. The lowest BCUT2D eigenvalue weighted by molar-refractivity contribution is -0.0262. The van der Waals surface area contributed by atoms with Crippen molar-refractivity contribution in [3.05, 3.63) is 23.5 Å². The van der Waals surface area contributed by atoms with E-state index in [1.807, 2.05) is 26.2 Å². The van der Waals surface area contributed by atoms with E-state index in [2.05, 4.69) is 11.4 Å². The smallest absolute Gasteiger partial charge is 0.120 e. The van der Waals surface area contributed by atoms with Gasteiger partial charge in [-0.1, -0.05) is 0 Å². The lowest BCUT2D eigenvalue weighted by atomic mass is 9.97. The number of hydrogen-bond donors (Lipinski definition) is 2. The van der Waals surface area contributed by atoms with Crippen LogP contribution in [0.5, 0.6) is 0 Å². The number of aliphatic hydroxyl groups is 1. The van der Waals surface area contributed by atoms with Crippen molar-refractivity contribution in [3.63, 3.8) is 0 Å². The number of nitriles is 1. The first-order valence-corrected chi connectivity index (χ1v) is 6.15. The predicted molar refractivity (Wildman–Crippen MR) is 66.8 cm³/mol. The van der Waals surface area contributed by atoms with Gasteiger partial charge < -0.3 is 19.7 Å². The van der Waals surface area contributed by atoms with Crippen molar-refractivity contribution in [1.29, 1.82) is 5.26 Å². The molecule has 1 fully saturated rings. The highest BCUT2D eigenvalue weighted by Crippen LogP contribution is 2.24. The second-order valence-corrected chi connectivity index (χ2v) is 4.93. The van der Waals surface area contributed by atoms with Crippen LogP contribution in [0, 0.1) is 11.3 Å². The van der Waals surface area contributed by atoms with E-state index in [1.165, 1.54) is 0 Å². The van der Waals surface area contributed by atoms with Crippen molar-refractivity contribution < 1.29 is 9.84 Å². The summed E-state index contributed by atoms with van der Waals surface area (Å²) in [5.74, 6) is 0. The number of aryl methyl sites for hydroxylation is 1. The maximum atomic E-state index is 10.3. The first-order valence-electron chi connectivity index (χ1n) is 6.15. The monoisotopic (exact) mass is 249 g/mol. The molecule has 0 aliphatic carbocycles. The van der Waals surface area contributed by atoms with Gasteiger partial charge in [0.15, 0.2) is 0 Å². The average Bonchev–Trinajstić information content (AvgIpc) is 2.84. The molecule has 5 nitrogen and oxygen atoms in total. The van der Waals surface area contributed by atoms with Crippen molar-refractivity contribution in [3.8, 4) is 6.07 Å². The molecule has 5 heteroatoms. The molecule has 1 aromatic rings. The number of rotatable bonds is 4. The van der Waals surface area contributed by atoms with Gasteiger partial charge in [-0.3, -0.25) is 0 Å². The second-order valence-electron chi connectivity index (χ2n) is 4.93. The number of aromatic nitrogens is 1. The molecule has 2 atom stereocenters. The molecule has 1 saturated heterocycles. The van der Waals surface area contributed by atoms with E-state index in [1.54, 1.807) is 4.57 Å². The van der Waals surface area contributed by atoms with Gasteiger partial charge in [0.2, 0.25) is 0 Å². The van der Waals surface area contributed by atoms with Crippen LogP contribution in [0.25, 0.3) is 0 Å². The summed E-state index contributed by atoms with van der Waals surface area (Å²) in [7, 11) is 1.85. The Morgan fingerprint density at radius 1 is 1.72 bits per heavy atom. The topological polar surface area (TPSA) is 70.2 Å². The zero-order chi connectivity index (χ0) is 13.2. The van der Waals surface area contributed by atoms with Crippen LogP contribution >= 0.6 is 0 Å². The van der Waals surface area contributed by atoms with Crippen LogP contribution < -0.4 is 5.32 Å². The van der Waals surface area contributed by atoms with Gasteiger partial charge in [-0.25, -0.2) is 0 Å². The Hall–Kier alpha value is -1.35. The summed E-state index contributed by atoms with van der Waals surface area (Å²) in [4.78, 5) is 0. The molecule has 0 spiro atoms. The summed E-state index contributed by atoms with van der Waals surface area (Å²) < 4.78 is 7.17. The van der Waals surface area contributed by atoms with E-state index < -0.39 is 5.60 Å². The number of nitrogens with one attached hydrogen (secondary N) is 1. The SMILES string of the molecule is CC1OCCC1(O)CNCc1cc(C#N)n(C)c1. The molecule has 1 aliphatic heterocycles. The second kappa shape index (κ2) is 5.11. The molecule has 0 bridgehead atoms. The predicted octanol–water partition coefficient (Wildman–Crippen LogP) is 0.526. The minimum absolute atomic E-state index is 0.129. The van der Waals surface area contributed by atoms with Crippen LogP contribution in [0.1, 0.15) is 24.6 Å². The Morgan fingerprint density at radius 3 is 3.06 bits per heavy atom. The summed E-state index contributed by atoms with van der Waals surface area (Å²) >= 11 is 0. The first kappa shape index (κ1) is 13.1. The van der Waals surface area contributed by atoms with Gasteiger partial charge in [0.1, 0.15) is 17.4 Å². The van der Waals surface area contributed by atoms with Gasteiger partial charge in [0, 0.05) is 39.4 Å². The van der Waals surface area contributed by atoms with Gasteiger partial charge in [0.05, 0.1) is 6.10 Å². The summed E-state index contributed by atoms with van der Waals surface area (Å²) in [5, 5.41) is 22.4. The maximum Gasteiger partial charge on any atom is 0.120 e. The summed E-state index contributed by atoms with van der Waals surface area (Å²) in [6, 6.07) is 3.98. The van der Waals surface area contributed by atoms with Crippen LogP contribution in [0.3, 0.4) is 0 Å². The summed E-state index contributed by atoms with van der Waals surface area (Å²) in [6.45, 7) is 3.66. The third-order valence-corrected chi connectivity index (χ3v) is 3.60. The van der Waals surface area contributed by atoms with E-state index in [9.17, 15) is 5.11 Å². The minimum Gasteiger partial charge on any atom is -0.386 e. The molecule has 2 unspecified atom stereocenters. The zero-order valence-electron chi connectivity index (χ0n) is 10.8. The molecule has 0 radical (unpaired) electrons. The fourth-order valence-corrected chi connectivity index (χ4v) is 2.27. The van der Waals surface area contributed by atoms with Crippen LogP contribution in [-0.4, -0.2) is 34.5 Å². The number of ether oxygens (including phenoxy) is 1. The van der Waals surface area contributed by atoms with Crippen molar-refractivity contribution in [2.75, 3.05) is 13.2 Å². The lowest BCUT2D eigenvalue weighted by Gasteiger charge is -2.26. The first-order chi connectivity index (χ1) is 8.55. The van der Waals surface area contributed by atoms with E-state index in [0.29, 0.717) is 31.8 Å². The minimum atomic E-state index is -0.771. The van der Waals surface area contributed by atoms with Crippen LogP contribution in [0.15, 0.2) is 12.3 Å². The van der Waals surface area contributed by atoms with Crippen LogP contribution in [0.4, 0.5) is 0 Å². The fourth-order valence-electron chi connectivity index (χ4n) is 2.27. The van der Waals surface area contributed by atoms with Crippen molar-refractivity contribution in [2.45, 2.75) is 31.6 Å². The molecule has 1 aliphatic rings. The molecule has 18 heavy (non-hydrogen) atoms. The normalized spacial score (nSPS) is 27.3. The summed E-state index contributed by atoms with van der Waals surface area (Å²) in [5.41, 5.74) is 0.916. The Labute approximate surface area is 107 Å². The van der Waals surface area contributed by atoms with Crippen molar-refractivity contribution in [1.82, 2.24) is 9.88 Å². The molecule has 2 heterocycles. The molecule has 0 aromatic carbocycles. The van der Waals surface area contributed by atoms with Crippen LogP contribution in [0.2, 0.25) is 0 Å². The molecule has 98 valence electrons. The third kappa shape index (κ3) is 2.56. The molecule has 0 saturated carbocycles. The number of nitrogens with zero attached hydrogens (tertiary/aromatic N) is 2. The van der Waals surface area contributed by atoms with Gasteiger partial charge in [-0.15, -0.1) is 0 Å². The van der Waals surface area contributed by atoms with E-state index in [-0.39, 0.29) is 6.10 Å². The summed E-state index contributed by atoms with van der Waals surface area (Å²) in [6.07, 6.45) is 2.46. The highest BCUT2D eigenvalue weighted by atomic mass is 16.5. The Kier molecular flexibility index (Phi) is 3.71. The highest BCUT2D eigenvalue weighted by molar-refractivity contribution is 5.28. The molecule has 1 aromatic heterocycles. The largest absolute Gasteiger partial charge is 0.386 e. The molecule has 2 rings (SSSR count). The standard InChI is InChI=1S/C13H19N3O2/c1-10-13(17,3-4-18-10)9-15-7-11-5-12(6-14)16(2)8-11/h5,8,10,15,17H,3-4,7,9H2,1-2H3. The lowest BCUT2D eigenvalue weighted by Crippen LogP contribution is -2.45. The van der Waals surface area contributed by atoms with Gasteiger partial charge in [-0.05, 0) is 18.6 Å². The molecule has 0 amide bonds. The number of hydrogen-bond acceptors (Lipinski definition) is 4. The van der Waals surface area contributed by atoms with E-state index in [0.717, 1.165) is 5.56 Å². The van der Waals surface area contributed by atoms with Gasteiger partial charge >= 0.3 is 0 Å². The van der Waals surface area contributed by atoms with Crippen molar-refractivity contribution >= 4 is 0 Å². The zero-order valence-corrected chi connectivity index (χ0v) is 10.8. The fraction of sp³-hybridized carbons (Fsp3) is 0.615. The Morgan fingerprint density at radius 2 is 2.50 bits per heavy atom. The molecular weight excluding hydrogens is 230 g/mol. The molecular formula is C13H19N3O2. The van der Waals surface area contributed by atoms with Crippen LogP contribution in [-0.2, 0) is 18.3 Å². The Bertz CT molecular complexity index is 463. The van der Waals surface area contributed by atoms with Crippen molar-refractivity contribution in [2.24, 2.45) is 7.05 Å². The third-order valence-electron chi connectivity index (χ3n) is 3.60. The quantitative estimate of drug-likeness (QED) is 0.816. The van der Waals surface area contributed by atoms with Gasteiger partial charge in [-0.2, -0.15) is 5.26 Å². The highest BCUT2D eigenvalue weighted by Gasteiger charge is 2.38. The van der Waals surface area contributed by atoms with E-state index >= 15 is 0 Å². The Balaban J connectivity index is 1.87. The maximum absolute atomic E-state index is 10.3. The van der Waals surface area contributed by atoms with E-state index in [4.69, 9.17) is 10.00 Å².